The molecule has 0 spiro atoms. The number of nitrogens with zero attached hydrogens (tertiary/aromatic N) is 1. The lowest BCUT2D eigenvalue weighted by Gasteiger charge is -2.40. The van der Waals surface area contributed by atoms with Crippen molar-refractivity contribution in [2.75, 3.05) is 26.3 Å². The molecule has 1 aliphatic carbocycles. The number of piperidine rings is 1. The van der Waals surface area contributed by atoms with Crippen molar-refractivity contribution < 1.29 is 14.6 Å². The summed E-state index contributed by atoms with van der Waals surface area (Å²) >= 11 is 1.70. The molecule has 2 saturated heterocycles. The minimum absolute atomic E-state index is 0.0689. The zero-order valence-corrected chi connectivity index (χ0v) is 16.1. The molecule has 0 unspecified atom stereocenters. The fourth-order valence-corrected chi connectivity index (χ4v) is 5.51. The van der Waals surface area contributed by atoms with Gasteiger partial charge in [0.1, 0.15) is 0 Å². The molecule has 1 aromatic heterocycles. The van der Waals surface area contributed by atoms with Crippen LogP contribution in [0.5, 0.6) is 0 Å². The van der Waals surface area contributed by atoms with E-state index in [1.165, 1.54) is 4.88 Å². The maximum Gasteiger partial charge on any atom is 0.223 e. The van der Waals surface area contributed by atoms with Gasteiger partial charge >= 0.3 is 0 Å². The van der Waals surface area contributed by atoms with Gasteiger partial charge in [0, 0.05) is 30.1 Å². The Balaban J connectivity index is 1.31. The van der Waals surface area contributed by atoms with E-state index in [0.29, 0.717) is 12.0 Å². The van der Waals surface area contributed by atoms with E-state index >= 15 is 0 Å². The van der Waals surface area contributed by atoms with Crippen molar-refractivity contribution in [3.8, 4) is 0 Å². The molecule has 2 N–H and O–H groups in total. The quantitative estimate of drug-likeness (QED) is 0.827. The fourth-order valence-electron chi connectivity index (χ4n) is 4.64. The lowest BCUT2D eigenvalue weighted by atomic mass is 9.76. The van der Waals surface area contributed by atoms with Crippen LogP contribution >= 0.6 is 11.3 Å². The summed E-state index contributed by atoms with van der Waals surface area (Å²) in [5.74, 6) is 0.699. The van der Waals surface area contributed by atoms with Crippen LogP contribution in [0.1, 0.15) is 49.4 Å². The second-order valence-corrected chi connectivity index (χ2v) is 9.02. The molecule has 5 nitrogen and oxygen atoms in total. The fraction of sp³-hybridized carbons (Fsp3) is 0.750. The van der Waals surface area contributed by atoms with E-state index in [4.69, 9.17) is 4.74 Å². The summed E-state index contributed by atoms with van der Waals surface area (Å²) < 4.78 is 5.47. The number of thiophene rings is 1. The summed E-state index contributed by atoms with van der Waals surface area (Å²) in [5, 5.41) is 15.1. The van der Waals surface area contributed by atoms with E-state index < -0.39 is 0 Å². The molecule has 3 fully saturated rings. The second-order valence-electron chi connectivity index (χ2n) is 8.04. The van der Waals surface area contributed by atoms with Crippen LogP contribution in [0.15, 0.2) is 17.5 Å². The van der Waals surface area contributed by atoms with Gasteiger partial charge in [-0.2, -0.15) is 0 Å². The number of ether oxygens (including phenoxy) is 1. The van der Waals surface area contributed by atoms with E-state index in [1.54, 1.807) is 11.3 Å². The summed E-state index contributed by atoms with van der Waals surface area (Å²) in [5.41, 5.74) is 0. The van der Waals surface area contributed by atoms with Gasteiger partial charge in [0.15, 0.2) is 0 Å². The van der Waals surface area contributed by atoms with Gasteiger partial charge < -0.3 is 20.1 Å². The Kier molecular flexibility index (Phi) is 5.93. The van der Waals surface area contributed by atoms with E-state index in [9.17, 15) is 9.90 Å². The average Bonchev–Trinajstić information content (AvgIpc) is 3.19. The largest absolute Gasteiger partial charge is 0.393 e. The standard InChI is InChI=1S/C20H30N2O3S/c23-17-12-15(13-17)19(18-2-1-11-26-18)21-20(24)14-3-7-22(8-4-14)16-5-9-25-10-6-16/h1-2,11,14-17,19,23H,3-10,12-13H2,(H,21,24)/t15?,17?,19-/m1/s1. The van der Waals surface area contributed by atoms with Crippen LogP contribution in [0.25, 0.3) is 0 Å². The molecule has 1 aromatic rings. The third-order valence-corrected chi connectivity index (χ3v) is 7.33. The number of carbonyl (C=O) groups excluding carboxylic acids is 1. The molecule has 0 aromatic carbocycles. The van der Waals surface area contributed by atoms with Crippen LogP contribution in [0, 0.1) is 11.8 Å². The Morgan fingerprint density at radius 2 is 1.96 bits per heavy atom. The first-order chi connectivity index (χ1) is 12.7. The van der Waals surface area contributed by atoms with Crippen molar-refractivity contribution in [2.24, 2.45) is 11.8 Å². The maximum absolute atomic E-state index is 12.9. The monoisotopic (exact) mass is 378 g/mol. The first-order valence-corrected chi connectivity index (χ1v) is 10.9. The number of hydrogen-bond acceptors (Lipinski definition) is 5. The number of carbonyl (C=O) groups is 1. The summed E-state index contributed by atoms with van der Waals surface area (Å²) in [4.78, 5) is 16.7. The maximum atomic E-state index is 12.9. The molecule has 26 heavy (non-hydrogen) atoms. The highest BCUT2D eigenvalue weighted by Gasteiger charge is 2.37. The van der Waals surface area contributed by atoms with Crippen LogP contribution < -0.4 is 5.32 Å². The number of amides is 1. The molecule has 0 radical (unpaired) electrons. The van der Waals surface area contributed by atoms with Gasteiger partial charge in [0.2, 0.25) is 5.91 Å². The van der Waals surface area contributed by atoms with Gasteiger partial charge in [0.05, 0.1) is 12.1 Å². The van der Waals surface area contributed by atoms with Crippen molar-refractivity contribution in [1.29, 1.82) is 0 Å². The smallest absolute Gasteiger partial charge is 0.223 e. The average molecular weight is 379 g/mol. The zero-order chi connectivity index (χ0) is 17.9. The third-order valence-electron chi connectivity index (χ3n) is 6.38. The van der Waals surface area contributed by atoms with Crippen molar-refractivity contribution in [2.45, 2.75) is 56.7 Å². The molecule has 6 heteroatoms. The van der Waals surface area contributed by atoms with Gasteiger partial charge in [0.25, 0.3) is 0 Å². The molecule has 1 atom stereocenters. The van der Waals surface area contributed by atoms with E-state index in [-0.39, 0.29) is 24.0 Å². The second kappa shape index (κ2) is 8.38. The highest BCUT2D eigenvalue weighted by molar-refractivity contribution is 7.10. The van der Waals surface area contributed by atoms with Crippen LogP contribution in [-0.2, 0) is 9.53 Å². The van der Waals surface area contributed by atoms with Crippen LogP contribution in [-0.4, -0.2) is 54.4 Å². The Morgan fingerprint density at radius 3 is 2.58 bits per heavy atom. The number of nitrogens with one attached hydrogen (secondary N) is 1. The van der Waals surface area contributed by atoms with E-state index in [0.717, 1.165) is 64.8 Å². The molecular formula is C20H30N2O3S. The molecule has 1 amide bonds. The topological polar surface area (TPSA) is 61.8 Å². The Bertz CT molecular complexity index is 574. The first kappa shape index (κ1) is 18.4. The first-order valence-electron chi connectivity index (χ1n) is 10.0. The molecule has 4 rings (SSSR count). The third kappa shape index (κ3) is 4.14. The lowest BCUT2D eigenvalue weighted by Crippen LogP contribution is -2.48. The molecule has 2 aliphatic heterocycles. The summed E-state index contributed by atoms with van der Waals surface area (Å²) in [6.45, 7) is 3.80. The Morgan fingerprint density at radius 1 is 1.23 bits per heavy atom. The van der Waals surface area contributed by atoms with Gasteiger partial charge in [-0.1, -0.05) is 6.07 Å². The molecule has 0 bridgehead atoms. The highest BCUT2D eigenvalue weighted by Crippen LogP contribution is 2.40. The van der Waals surface area contributed by atoms with Crippen molar-refractivity contribution in [3.05, 3.63) is 22.4 Å². The lowest BCUT2D eigenvalue weighted by molar-refractivity contribution is -0.128. The summed E-state index contributed by atoms with van der Waals surface area (Å²) in [7, 11) is 0. The van der Waals surface area contributed by atoms with Gasteiger partial charge in [-0.25, -0.2) is 0 Å². The van der Waals surface area contributed by atoms with Gasteiger partial charge in [-0.15, -0.1) is 11.3 Å². The number of likely N-dealkylation sites (tertiary alicyclic amines) is 1. The Hall–Kier alpha value is -0.950. The SMILES string of the molecule is O=C(N[C@@H](c1cccs1)C1CC(O)C1)C1CCN(C2CCOCC2)CC1. The highest BCUT2D eigenvalue weighted by atomic mass is 32.1. The number of aliphatic hydroxyl groups is 1. The van der Waals surface area contributed by atoms with Gasteiger partial charge in [-0.05, 0) is 69.0 Å². The Labute approximate surface area is 159 Å². The van der Waals surface area contributed by atoms with Crippen LogP contribution in [0.2, 0.25) is 0 Å². The van der Waals surface area contributed by atoms with Crippen LogP contribution in [0.4, 0.5) is 0 Å². The normalized spacial score (nSPS) is 29.9. The molecule has 3 heterocycles. The minimum atomic E-state index is -0.193. The molecule has 1 saturated carbocycles. The predicted octanol–water partition coefficient (Wildman–Crippen LogP) is 2.57. The number of rotatable bonds is 5. The minimum Gasteiger partial charge on any atom is -0.393 e. The van der Waals surface area contributed by atoms with Gasteiger partial charge in [-0.3, -0.25) is 4.79 Å². The van der Waals surface area contributed by atoms with Crippen molar-refractivity contribution in [1.82, 2.24) is 10.2 Å². The van der Waals surface area contributed by atoms with Crippen LogP contribution in [0.3, 0.4) is 0 Å². The number of aliphatic hydroxyl groups excluding tert-OH is 1. The summed E-state index contributed by atoms with van der Waals surface area (Å²) in [6, 6.07) is 4.86. The van der Waals surface area contributed by atoms with Crippen molar-refractivity contribution >= 4 is 17.2 Å². The van der Waals surface area contributed by atoms with E-state index in [2.05, 4.69) is 21.7 Å². The number of hydrogen-bond donors (Lipinski definition) is 2. The molecule has 144 valence electrons. The van der Waals surface area contributed by atoms with Crippen molar-refractivity contribution in [3.63, 3.8) is 0 Å². The molecule has 3 aliphatic rings. The zero-order valence-electron chi connectivity index (χ0n) is 15.3. The predicted molar refractivity (Wildman–Crippen MR) is 102 cm³/mol. The molecular weight excluding hydrogens is 348 g/mol. The summed E-state index contributed by atoms with van der Waals surface area (Å²) in [6.07, 6.45) is 5.56. The van der Waals surface area contributed by atoms with E-state index in [1.807, 2.05) is 6.07 Å².